The van der Waals surface area contributed by atoms with Crippen LogP contribution in [0.2, 0.25) is 0 Å². The van der Waals surface area contributed by atoms with Gasteiger partial charge in [0.2, 0.25) is 0 Å². The number of likely N-dealkylation sites (tertiary alicyclic amines) is 1. The third kappa shape index (κ3) is 3.85. The summed E-state index contributed by atoms with van der Waals surface area (Å²) in [4.78, 5) is 14.6. The predicted octanol–water partition coefficient (Wildman–Crippen LogP) is 4.42. The number of benzene rings is 2. The number of hydrogen-bond acceptors (Lipinski definition) is 2. The molecule has 2 aromatic rings. The quantitative estimate of drug-likeness (QED) is 0.908. The van der Waals surface area contributed by atoms with Crippen molar-refractivity contribution in [3.63, 3.8) is 0 Å². The van der Waals surface area contributed by atoms with Gasteiger partial charge < -0.3 is 10.0 Å². The maximum absolute atomic E-state index is 12.6. The molecule has 1 saturated heterocycles. The number of rotatable bonds is 3. The third-order valence-corrected chi connectivity index (χ3v) is 4.73. The minimum atomic E-state index is -0.478. The van der Waals surface area contributed by atoms with Gasteiger partial charge >= 0.3 is 0 Å². The van der Waals surface area contributed by atoms with Crippen molar-refractivity contribution in [2.24, 2.45) is 0 Å². The summed E-state index contributed by atoms with van der Waals surface area (Å²) >= 11 is 0. The first kappa shape index (κ1) is 16.7. The molecular formula is C21H25NO2. The van der Waals surface area contributed by atoms with Gasteiger partial charge in [0.15, 0.2) is 0 Å². The largest absolute Gasteiger partial charge is 0.389 e. The topological polar surface area (TPSA) is 40.5 Å². The maximum atomic E-state index is 12.6. The van der Waals surface area contributed by atoms with Gasteiger partial charge in [-0.1, -0.05) is 43.2 Å². The first-order valence-corrected chi connectivity index (χ1v) is 8.83. The van der Waals surface area contributed by atoms with Crippen LogP contribution in [0.4, 0.5) is 0 Å². The van der Waals surface area contributed by atoms with E-state index in [1.165, 1.54) is 12.8 Å². The van der Waals surface area contributed by atoms with Crippen LogP contribution in [0.15, 0.2) is 48.5 Å². The molecule has 24 heavy (non-hydrogen) atoms. The molecule has 1 fully saturated rings. The normalized spacial score (nSPS) is 16.5. The van der Waals surface area contributed by atoms with E-state index in [1.54, 1.807) is 6.92 Å². The maximum Gasteiger partial charge on any atom is 0.253 e. The van der Waals surface area contributed by atoms with E-state index in [4.69, 9.17) is 0 Å². The average Bonchev–Trinajstić information content (AvgIpc) is 2.91. The zero-order chi connectivity index (χ0) is 16.9. The van der Waals surface area contributed by atoms with Crippen molar-refractivity contribution in [3.05, 3.63) is 59.7 Å². The van der Waals surface area contributed by atoms with E-state index < -0.39 is 6.10 Å². The highest BCUT2D eigenvalue weighted by Crippen LogP contribution is 2.24. The molecule has 0 spiro atoms. The molecule has 1 atom stereocenters. The lowest BCUT2D eigenvalue weighted by atomic mass is 10.00. The van der Waals surface area contributed by atoms with Crippen molar-refractivity contribution in [2.45, 2.75) is 38.7 Å². The first-order valence-electron chi connectivity index (χ1n) is 8.83. The van der Waals surface area contributed by atoms with Crippen LogP contribution in [0.25, 0.3) is 11.1 Å². The van der Waals surface area contributed by atoms with Crippen molar-refractivity contribution < 1.29 is 9.90 Å². The van der Waals surface area contributed by atoms with Gasteiger partial charge in [-0.15, -0.1) is 0 Å². The second kappa shape index (κ2) is 7.63. The molecule has 2 aromatic carbocycles. The molecule has 3 heteroatoms. The van der Waals surface area contributed by atoms with Gasteiger partial charge in [0, 0.05) is 18.7 Å². The van der Waals surface area contributed by atoms with Crippen LogP contribution < -0.4 is 0 Å². The summed E-state index contributed by atoms with van der Waals surface area (Å²) in [6.07, 6.45) is 4.19. The number of aliphatic hydroxyl groups is 1. The molecule has 0 radical (unpaired) electrons. The molecule has 0 unspecified atom stereocenters. The molecule has 126 valence electrons. The Morgan fingerprint density at radius 3 is 2.25 bits per heavy atom. The van der Waals surface area contributed by atoms with E-state index >= 15 is 0 Å². The summed E-state index contributed by atoms with van der Waals surface area (Å²) < 4.78 is 0. The number of carbonyl (C=O) groups is 1. The van der Waals surface area contributed by atoms with Gasteiger partial charge in [-0.3, -0.25) is 4.79 Å². The smallest absolute Gasteiger partial charge is 0.253 e. The zero-order valence-electron chi connectivity index (χ0n) is 14.2. The Kier molecular flexibility index (Phi) is 5.31. The SMILES string of the molecule is C[C@H](O)c1cccc(-c2ccc(C(=O)N3CCCCCC3)cc2)c1. The Morgan fingerprint density at radius 2 is 1.62 bits per heavy atom. The number of carbonyl (C=O) groups excluding carboxylic acids is 1. The van der Waals surface area contributed by atoms with Gasteiger partial charge in [0.1, 0.15) is 0 Å². The summed E-state index contributed by atoms with van der Waals surface area (Å²) in [6, 6.07) is 15.7. The number of aliphatic hydroxyl groups excluding tert-OH is 1. The van der Waals surface area contributed by atoms with E-state index in [0.29, 0.717) is 0 Å². The Hall–Kier alpha value is -2.13. The average molecular weight is 323 g/mol. The molecule has 1 aliphatic rings. The molecule has 0 bridgehead atoms. The molecule has 1 amide bonds. The Balaban J connectivity index is 1.77. The van der Waals surface area contributed by atoms with Crippen LogP contribution in [0.3, 0.4) is 0 Å². The van der Waals surface area contributed by atoms with Crippen LogP contribution in [0, 0.1) is 0 Å². The zero-order valence-corrected chi connectivity index (χ0v) is 14.2. The van der Waals surface area contributed by atoms with Crippen LogP contribution in [0.1, 0.15) is 54.6 Å². The lowest BCUT2D eigenvalue weighted by molar-refractivity contribution is 0.0761. The van der Waals surface area contributed by atoms with Crippen LogP contribution in [0.5, 0.6) is 0 Å². The molecular weight excluding hydrogens is 298 g/mol. The van der Waals surface area contributed by atoms with Gasteiger partial charge in [-0.2, -0.15) is 0 Å². The minimum absolute atomic E-state index is 0.140. The standard InChI is InChI=1S/C21H25NO2/c1-16(23)19-7-6-8-20(15-19)17-9-11-18(12-10-17)21(24)22-13-4-2-3-5-14-22/h6-12,15-16,23H,2-5,13-14H2,1H3/t16-/m0/s1. The van der Waals surface area contributed by atoms with Crippen molar-refractivity contribution in [3.8, 4) is 11.1 Å². The molecule has 0 aromatic heterocycles. The lowest BCUT2D eigenvalue weighted by Gasteiger charge is -2.20. The minimum Gasteiger partial charge on any atom is -0.389 e. The van der Waals surface area contributed by atoms with E-state index in [9.17, 15) is 9.90 Å². The second-order valence-electron chi connectivity index (χ2n) is 6.59. The van der Waals surface area contributed by atoms with E-state index in [-0.39, 0.29) is 5.91 Å². The summed E-state index contributed by atoms with van der Waals surface area (Å²) in [7, 11) is 0. The molecule has 1 N–H and O–H groups in total. The molecule has 1 aliphatic heterocycles. The summed E-state index contributed by atoms with van der Waals surface area (Å²) in [6.45, 7) is 3.51. The van der Waals surface area contributed by atoms with Crippen LogP contribution in [-0.4, -0.2) is 29.0 Å². The molecule has 1 heterocycles. The fourth-order valence-corrected chi connectivity index (χ4v) is 3.24. The lowest BCUT2D eigenvalue weighted by Crippen LogP contribution is -2.31. The van der Waals surface area contributed by atoms with Crippen molar-refractivity contribution in [1.29, 1.82) is 0 Å². The van der Waals surface area contributed by atoms with Gasteiger partial charge in [-0.05, 0) is 54.7 Å². The number of hydrogen-bond donors (Lipinski definition) is 1. The van der Waals surface area contributed by atoms with Gasteiger partial charge in [0.25, 0.3) is 5.91 Å². The molecule has 0 saturated carbocycles. The highest BCUT2D eigenvalue weighted by atomic mass is 16.3. The van der Waals surface area contributed by atoms with Gasteiger partial charge in [-0.25, -0.2) is 0 Å². The fraction of sp³-hybridized carbons (Fsp3) is 0.381. The Labute approximate surface area is 143 Å². The summed E-state index contributed by atoms with van der Waals surface area (Å²) in [5.41, 5.74) is 3.77. The van der Waals surface area contributed by atoms with Gasteiger partial charge in [0.05, 0.1) is 6.10 Å². The van der Waals surface area contributed by atoms with Crippen molar-refractivity contribution in [1.82, 2.24) is 4.90 Å². The Bertz CT molecular complexity index is 683. The second-order valence-corrected chi connectivity index (χ2v) is 6.59. The highest BCUT2D eigenvalue weighted by molar-refractivity contribution is 5.94. The third-order valence-electron chi connectivity index (χ3n) is 4.73. The number of nitrogens with zero attached hydrogens (tertiary/aromatic N) is 1. The summed E-state index contributed by atoms with van der Waals surface area (Å²) in [5, 5.41) is 9.73. The van der Waals surface area contributed by atoms with E-state index in [0.717, 1.165) is 48.2 Å². The Morgan fingerprint density at radius 1 is 0.958 bits per heavy atom. The monoisotopic (exact) mass is 323 g/mol. The van der Waals surface area contributed by atoms with E-state index in [1.807, 2.05) is 53.4 Å². The molecule has 3 rings (SSSR count). The predicted molar refractivity (Wildman–Crippen MR) is 96.9 cm³/mol. The van der Waals surface area contributed by atoms with E-state index in [2.05, 4.69) is 0 Å². The summed E-state index contributed by atoms with van der Waals surface area (Å²) in [5.74, 6) is 0.140. The fourth-order valence-electron chi connectivity index (χ4n) is 3.24. The van der Waals surface area contributed by atoms with Crippen LogP contribution >= 0.6 is 0 Å². The van der Waals surface area contributed by atoms with Crippen molar-refractivity contribution >= 4 is 5.91 Å². The molecule has 3 nitrogen and oxygen atoms in total. The van der Waals surface area contributed by atoms with Crippen LogP contribution in [-0.2, 0) is 0 Å². The molecule has 0 aliphatic carbocycles. The van der Waals surface area contributed by atoms with Crippen molar-refractivity contribution in [2.75, 3.05) is 13.1 Å². The first-order chi connectivity index (χ1) is 11.6. The number of amides is 1. The highest BCUT2D eigenvalue weighted by Gasteiger charge is 2.17.